The molecule has 0 bridgehead atoms. The summed E-state index contributed by atoms with van der Waals surface area (Å²) in [4.78, 5) is 41.0. The van der Waals surface area contributed by atoms with Gasteiger partial charge in [0, 0.05) is 29.8 Å². The summed E-state index contributed by atoms with van der Waals surface area (Å²) in [5.74, 6) is -3.62. The summed E-state index contributed by atoms with van der Waals surface area (Å²) in [7, 11) is -3.84. The van der Waals surface area contributed by atoms with Crippen molar-refractivity contribution in [2.75, 3.05) is 5.75 Å². The van der Waals surface area contributed by atoms with Gasteiger partial charge in [0.15, 0.2) is 21.7 Å². The van der Waals surface area contributed by atoms with Gasteiger partial charge in [-0.3, -0.25) is 19.3 Å². The van der Waals surface area contributed by atoms with E-state index in [9.17, 15) is 33.0 Å². The predicted molar refractivity (Wildman–Crippen MR) is 164 cm³/mol. The molecule has 230 valence electrons. The molecular weight excluding hydrogens is 582 g/mol. The largest absolute Gasteiger partial charge is 0.479 e. The fraction of sp³-hybridized carbons (Fsp3) is 0.303. The third-order valence-electron chi connectivity index (χ3n) is 7.19. The van der Waals surface area contributed by atoms with Crippen molar-refractivity contribution in [3.8, 4) is 11.3 Å². The summed E-state index contributed by atoms with van der Waals surface area (Å²) in [5, 5.41) is 24.3. The maximum atomic E-state index is 13.3. The number of rotatable bonds is 15. The van der Waals surface area contributed by atoms with E-state index in [1.165, 1.54) is 13.0 Å². The van der Waals surface area contributed by atoms with E-state index in [0.717, 1.165) is 23.2 Å². The van der Waals surface area contributed by atoms with Crippen molar-refractivity contribution in [3.63, 3.8) is 0 Å². The molecule has 0 aliphatic carbocycles. The van der Waals surface area contributed by atoms with Crippen molar-refractivity contribution in [1.29, 1.82) is 0 Å². The average Bonchev–Trinajstić information content (AvgIpc) is 3.39. The number of carbonyl (C=O) groups excluding carboxylic acids is 2. The van der Waals surface area contributed by atoms with Crippen LogP contribution in [0.3, 0.4) is 0 Å². The summed E-state index contributed by atoms with van der Waals surface area (Å²) in [6.45, 7) is 3.54. The Morgan fingerprint density at radius 3 is 2.30 bits per heavy atom. The van der Waals surface area contributed by atoms with E-state index >= 15 is 0 Å². The lowest BCUT2D eigenvalue weighted by Gasteiger charge is -2.19. The van der Waals surface area contributed by atoms with E-state index in [4.69, 9.17) is 0 Å². The summed E-state index contributed by atoms with van der Waals surface area (Å²) >= 11 is 0. The molecule has 44 heavy (non-hydrogen) atoms. The van der Waals surface area contributed by atoms with E-state index in [-0.39, 0.29) is 29.2 Å². The number of nitrogens with zero attached hydrogens (tertiary/aromatic N) is 3. The van der Waals surface area contributed by atoms with Crippen molar-refractivity contribution >= 4 is 27.4 Å². The fourth-order valence-electron chi connectivity index (χ4n) is 5.09. The summed E-state index contributed by atoms with van der Waals surface area (Å²) in [6.07, 6.45) is 1.40. The second kappa shape index (κ2) is 14.3. The number of hydrogen-bond donors (Lipinski definition) is 2. The number of aliphatic carboxylic acids is 1. The molecule has 0 fully saturated rings. The maximum absolute atomic E-state index is 13.3. The smallest absolute Gasteiger partial charge is 0.332 e. The van der Waals surface area contributed by atoms with E-state index < -0.39 is 39.4 Å². The highest BCUT2D eigenvalue weighted by atomic mass is 32.2. The van der Waals surface area contributed by atoms with Crippen molar-refractivity contribution in [1.82, 2.24) is 14.8 Å². The third kappa shape index (κ3) is 8.12. The van der Waals surface area contributed by atoms with Crippen LogP contribution >= 0.6 is 0 Å². The number of carboxylic acid groups (broad SMARTS) is 1. The fourth-order valence-corrected chi connectivity index (χ4v) is 6.57. The molecule has 2 aromatic carbocycles. The first-order valence-corrected chi connectivity index (χ1v) is 15.9. The molecule has 0 aliphatic rings. The Morgan fingerprint density at radius 1 is 0.955 bits per heavy atom. The summed E-state index contributed by atoms with van der Waals surface area (Å²) in [5.41, 5.74) is 3.42. The Kier molecular flexibility index (Phi) is 10.6. The quantitative estimate of drug-likeness (QED) is 0.187. The number of aliphatic hydroxyl groups excluding tert-OH is 1. The number of Topliss-reactive ketones (excluding diaryl/α,β-unsaturated/α-hetero) is 2. The van der Waals surface area contributed by atoms with Gasteiger partial charge in [-0.25, -0.2) is 13.2 Å². The number of aryl methyl sites for hydroxylation is 1. The summed E-state index contributed by atoms with van der Waals surface area (Å²) in [6, 6.07) is 20.7. The van der Waals surface area contributed by atoms with Crippen molar-refractivity contribution in [2.45, 2.75) is 57.1 Å². The molecule has 0 unspecified atom stereocenters. The van der Waals surface area contributed by atoms with Gasteiger partial charge in [0.25, 0.3) is 0 Å². The summed E-state index contributed by atoms with van der Waals surface area (Å²) < 4.78 is 27.3. The number of carbonyl (C=O) groups is 3. The number of ketones is 2. The number of carboxylic acids is 1. The van der Waals surface area contributed by atoms with Gasteiger partial charge >= 0.3 is 5.97 Å². The number of aliphatic hydroxyl groups is 1. The molecule has 0 aliphatic heterocycles. The third-order valence-corrected chi connectivity index (χ3v) is 9.00. The SMILES string of the molecule is CCCc1cc(C(=O)C[C@H](Cc2ccccc2)[C@@H](O)C(=O)O)nn1Cc1ccc(-c2ccccc2S(=O)(=O)CC(C)=O)nc1. The Bertz CT molecular complexity index is 1730. The normalized spacial score (nSPS) is 12.9. The molecule has 4 aromatic rings. The molecule has 2 heterocycles. The van der Waals surface area contributed by atoms with Crippen molar-refractivity contribution in [3.05, 3.63) is 102 Å². The van der Waals surface area contributed by atoms with Gasteiger partial charge in [0.1, 0.15) is 17.2 Å². The first-order valence-electron chi connectivity index (χ1n) is 14.3. The van der Waals surface area contributed by atoms with Gasteiger partial charge in [-0.2, -0.15) is 5.10 Å². The zero-order chi connectivity index (χ0) is 31.9. The predicted octanol–water partition coefficient (Wildman–Crippen LogP) is 4.19. The monoisotopic (exact) mass is 617 g/mol. The minimum absolute atomic E-state index is 0.0366. The van der Waals surface area contributed by atoms with E-state index in [0.29, 0.717) is 24.2 Å². The molecule has 0 radical (unpaired) electrons. The van der Waals surface area contributed by atoms with E-state index in [1.807, 2.05) is 37.3 Å². The highest BCUT2D eigenvalue weighted by Crippen LogP contribution is 2.27. The molecule has 11 heteroatoms. The van der Waals surface area contributed by atoms with Crippen molar-refractivity contribution in [2.24, 2.45) is 5.92 Å². The second-order valence-corrected chi connectivity index (χ2v) is 12.8. The van der Waals surface area contributed by atoms with Crippen LogP contribution in [0.4, 0.5) is 0 Å². The number of aromatic nitrogens is 3. The van der Waals surface area contributed by atoms with Gasteiger partial charge < -0.3 is 10.2 Å². The molecule has 2 atom stereocenters. The highest BCUT2D eigenvalue weighted by Gasteiger charge is 2.30. The topological polar surface area (TPSA) is 157 Å². The Labute approximate surface area is 256 Å². The van der Waals surface area contributed by atoms with Gasteiger partial charge in [-0.05, 0) is 49.1 Å². The van der Waals surface area contributed by atoms with Crippen LogP contribution in [0.15, 0.2) is 83.9 Å². The van der Waals surface area contributed by atoms with Gasteiger partial charge in [0.05, 0.1) is 17.1 Å². The minimum atomic E-state index is -3.84. The molecule has 0 saturated heterocycles. The molecular formula is C33H35N3O7S. The lowest BCUT2D eigenvalue weighted by atomic mass is 9.88. The van der Waals surface area contributed by atoms with E-state index in [2.05, 4.69) is 10.1 Å². The van der Waals surface area contributed by atoms with Crippen LogP contribution in [-0.4, -0.2) is 62.8 Å². The van der Waals surface area contributed by atoms with Crippen molar-refractivity contribution < 1.29 is 33.0 Å². The Hall–Kier alpha value is -4.48. The second-order valence-electron chi connectivity index (χ2n) is 10.8. The number of hydrogen-bond acceptors (Lipinski definition) is 8. The molecule has 0 amide bonds. The molecule has 2 N–H and O–H groups in total. The standard InChI is InChI=1S/C33H35N3O7S/c1-3-9-26-18-29(30(38)17-25(32(39)33(40)41)16-23-10-5-4-6-11-23)35-36(26)20-24-14-15-28(34-19-24)27-12-7-8-13-31(27)44(42,43)21-22(2)37/h4-8,10-15,18-19,25,32,39H,3,9,16-17,20-21H2,1-2H3,(H,40,41)/t25-,32+/m0/s1. The van der Waals surface area contributed by atoms with Gasteiger partial charge in [-0.15, -0.1) is 0 Å². The zero-order valence-corrected chi connectivity index (χ0v) is 25.4. The van der Waals surface area contributed by atoms with Crippen LogP contribution in [0.1, 0.15) is 54.0 Å². The first-order chi connectivity index (χ1) is 21.0. The van der Waals surface area contributed by atoms with Crippen LogP contribution < -0.4 is 0 Å². The highest BCUT2D eigenvalue weighted by molar-refractivity contribution is 7.92. The number of pyridine rings is 1. The van der Waals surface area contributed by atoms with Gasteiger partial charge in [-0.1, -0.05) is 67.9 Å². The Balaban J connectivity index is 1.55. The molecule has 4 rings (SSSR count). The lowest BCUT2D eigenvalue weighted by Crippen LogP contribution is -2.32. The molecule has 0 saturated carbocycles. The molecule has 2 aromatic heterocycles. The average molecular weight is 618 g/mol. The lowest BCUT2D eigenvalue weighted by molar-refractivity contribution is -0.149. The van der Waals surface area contributed by atoms with Crippen LogP contribution in [0, 0.1) is 5.92 Å². The van der Waals surface area contributed by atoms with Crippen LogP contribution in [0.5, 0.6) is 0 Å². The minimum Gasteiger partial charge on any atom is -0.479 e. The number of sulfone groups is 1. The Morgan fingerprint density at radius 2 is 1.66 bits per heavy atom. The van der Waals surface area contributed by atoms with Crippen LogP contribution in [0.2, 0.25) is 0 Å². The van der Waals surface area contributed by atoms with E-state index in [1.54, 1.807) is 47.3 Å². The van der Waals surface area contributed by atoms with Crippen LogP contribution in [0.25, 0.3) is 11.3 Å². The molecule has 10 nitrogen and oxygen atoms in total. The van der Waals surface area contributed by atoms with Crippen LogP contribution in [-0.2, 0) is 38.8 Å². The first kappa shape index (κ1) is 32.4. The molecule has 0 spiro atoms. The number of benzene rings is 2. The zero-order valence-electron chi connectivity index (χ0n) is 24.6. The maximum Gasteiger partial charge on any atom is 0.332 e. The van der Waals surface area contributed by atoms with Gasteiger partial charge in [0.2, 0.25) is 0 Å².